The SMILES string of the molecule is Nc1ccc(COc2cccc(O)c2)cc1Br. The lowest BCUT2D eigenvalue weighted by atomic mass is 10.2. The Morgan fingerprint density at radius 3 is 2.71 bits per heavy atom. The number of phenols is 1. The average Bonchev–Trinajstić information content (AvgIpc) is 2.31. The smallest absolute Gasteiger partial charge is 0.123 e. The summed E-state index contributed by atoms with van der Waals surface area (Å²) in [6, 6.07) is 12.4. The van der Waals surface area contributed by atoms with E-state index < -0.39 is 0 Å². The predicted molar refractivity (Wildman–Crippen MR) is 71.0 cm³/mol. The second-order valence-electron chi connectivity index (χ2n) is 3.64. The van der Waals surface area contributed by atoms with Gasteiger partial charge >= 0.3 is 0 Å². The van der Waals surface area contributed by atoms with Crippen molar-refractivity contribution < 1.29 is 9.84 Å². The number of ether oxygens (including phenoxy) is 1. The van der Waals surface area contributed by atoms with E-state index in [1.165, 1.54) is 0 Å². The Balaban J connectivity index is 2.05. The lowest BCUT2D eigenvalue weighted by Crippen LogP contribution is -1.96. The van der Waals surface area contributed by atoms with Crippen molar-refractivity contribution in [2.45, 2.75) is 6.61 Å². The van der Waals surface area contributed by atoms with Gasteiger partial charge in [-0.3, -0.25) is 0 Å². The lowest BCUT2D eigenvalue weighted by Gasteiger charge is -2.07. The fourth-order valence-corrected chi connectivity index (χ4v) is 1.83. The highest BCUT2D eigenvalue weighted by Gasteiger charge is 2.00. The zero-order valence-corrected chi connectivity index (χ0v) is 10.6. The van der Waals surface area contributed by atoms with Crippen molar-refractivity contribution in [1.29, 1.82) is 0 Å². The highest BCUT2D eigenvalue weighted by Crippen LogP contribution is 2.22. The molecule has 0 unspecified atom stereocenters. The fraction of sp³-hybridized carbons (Fsp3) is 0.0769. The third-order valence-corrected chi connectivity index (χ3v) is 2.97. The number of rotatable bonds is 3. The van der Waals surface area contributed by atoms with Gasteiger partial charge in [0.2, 0.25) is 0 Å². The van der Waals surface area contributed by atoms with Gasteiger partial charge in [-0.05, 0) is 45.8 Å². The minimum atomic E-state index is 0.195. The molecule has 0 aliphatic rings. The molecule has 2 aromatic carbocycles. The summed E-state index contributed by atoms with van der Waals surface area (Å²) in [5.74, 6) is 0.832. The number of hydrogen-bond acceptors (Lipinski definition) is 3. The topological polar surface area (TPSA) is 55.5 Å². The third-order valence-electron chi connectivity index (χ3n) is 2.29. The van der Waals surface area contributed by atoms with E-state index in [4.69, 9.17) is 10.5 Å². The number of aromatic hydroxyl groups is 1. The molecule has 0 aliphatic carbocycles. The van der Waals surface area contributed by atoms with Crippen molar-refractivity contribution in [3.63, 3.8) is 0 Å². The standard InChI is InChI=1S/C13H12BrNO2/c14-12-6-9(4-5-13(12)15)8-17-11-3-1-2-10(16)7-11/h1-7,16H,8,15H2. The fourth-order valence-electron chi connectivity index (χ4n) is 1.40. The van der Waals surface area contributed by atoms with Crippen LogP contribution in [0, 0.1) is 0 Å². The van der Waals surface area contributed by atoms with Gasteiger partial charge in [0.1, 0.15) is 18.1 Å². The number of anilines is 1. The molecule has 3 N–H and O–H groups in total. The summed E-state index contributed by atoms with van der Waals surface area (Å²) in [6.07, 6.45) is 0. The molecule has 0 heterocycles. The van der Waals surface area contributed by atoms with Crippen molar-refractivity contribution in [3.8, 4) is 11.5 Å². The highest BCUT2D eigenvalue weighted by molar-refractivity contribution is 9.10. The van der Waals surface area contributed by atoms with Crippen LogP contribution in [0.25, 0.3) is 0 Å². The summed E-state index contributed by atoms with van der Waals surface area (Å²) < 4.78 is 6.40. The molecule has 0 bridgehead atoms. The molecular weight excluding hydrogens is 282 g/mol. The molecular formula is C13H12BrNO2. The summed E-state index contributed by atoms with van der Waals surface area (Å²) in [5, 5.41) is 9.29. The zero-order valence-electron chi connectivity index (χ0n) is 9.06. The van der Waals surface area contributed by atoms with Gasteiger partial charge in [0.25, 0.3) is 0 Å². The molecule has 2 rings (SSSR count). The van der Waals surface area contributed by atoms with Crippen LogP contribution < -0.4 is 10.5 Å². The van der Waals surface area contributed by atoms with Crippen LogP contribution in [-0.2, 0) is 6.61 Å². The molecule has 0 fully saturated rings. The van der Waals surface area contributed by atoms with Crippen molar-refractivity contribution in [2.75, 3.05) is 5.73 Å². The molecule has 3 nitrogen and oxygen atoms in total. The van der Waals surface area contributed by atoms with Crippen LogP contribution >= 0.6 is 15.9 Å². The third kappa shape index (κ3) is 3.14. The molecule has 0 aliphatic heterocycles. The van der Waals surface area contributed by atoms with Crippen LogP contribution in [0.2, 0.25) is 0 Å². The highest BCUT2D eigenvalue weighted by atomic mass is 79.9. The largest absolute Gasteiger partial charge is 0.508 e. The number of phenolic OH excluding ortho intramolecular Hbond substituents is 1. The van der Waals surface area contributed by atoms with E-state index in [1.54, 1.807) is 24.3 Å². The van der Waals surface area contributed by atoms with Crippen LogP contribution in [-0.4, -0.2) is 5.11 Å². The number of nitrogen functional groups attached to an aromatic ring is 1. The van der Waals surface area contributed by atoms with E-state index in [2.05, 4.69) is 15.9 Å². The molecule has 0 atom stereocenters. The molecule has 4 heteroatoms. The van der Waals surface area contributed by atoms with Gasteiger partial charge in [-0.25, -0.2) is 0 Å². The van der Waals surface area contributed by atoms with Crippen LogP contribution in [0.15, 0.2) is 46.9 Å². The first-order valence-corrected chi connectivity index (χ1v) is 5.90. The van der Waals surface area contributed by atoms with Crippen molar-refractivity contribution >= 4 is 21.6 Å². The summed E-state index contributed by atoms with van der Waals surface area (Å²) in [4.78, 5) is 0. The molecule has 0 spiro atoms. The number of nitrogens with two attached hydrogens (primary N) is 1. The van der Waals surface area contributed by atoms with Gasteiger partial charge in [0, 0.05) is 16.2 Å². The molecule has 0 radical (unpaired) electrons. The van der Waals surface area contributed by atoms with Gasteiger partial charge in [-0.15, -0.1) is 0 Å². The Labute approximate surface area is 108 Å². The Morgan fingerprint density at radius 2 is 2.00 bits per heavy atom. The van der Waals surface area contributed by atoms with E-state index in [1.807, 2.05) is 18.2 Å². The summed E-state index contributed by atoms with van der Waals surface area (Å²) >= 11 is 3.36. The Bertz CT molecular complexity index is 529. The minimum Gasteiger partial charge on any atom is -0.508 e. The monoisotopic (exact) mass is 293 g/mol. The van der Waals surface area contributed by atoms with E-state index in [0.717, 1.165) is 10.0 Å². The minimum absolute atomic E-state index is 0.195. The van der Waals surface area contributed by atoms with Crippen LogP contribution in [0.3, 0.4) is 0 Å². The first-order valence-electron chi connectivity index (χ1n) is 5.11. The Morgan fingerprint density at radius 1 is 1.18 bits per heavy atom. The second kappa shape index (κ2) is 5.10. The van der Waals surface area contributed by atoms with Gasteiger partial charge in [0.15, 0.2) is 0 Å². The van der Waals surface area contributed by atoms with Crippen molar-refractivity contribution in [2.24, 2.45) is 0 Å². The first kappa shape index (κ1) is 11.8. The van der Waals surface area contributed by atoms with E-state index in [0.29, 0.717) is 18.0 Å². The quantitative estimate of drug-likeness (QED) is 0.854. The first-order chi connectivity index (χ1) is 8.15. The Kier molecular flexibility index (Phi) is 3.54. The molecule has 0 saturated carbocycles. The van der Waals surface area contributed by atoms with Crippen molar-refractivity contribution in [1.82, 2.24) is 0 Å². The number of hydrogen-bond donors (Lipinski definition) is 2. The molecule has 88 valence electrons. The molecule has 17 heavy (non-hydrogen) atoms. The van der Waals surface area contributed by atoms with E-state index >= 15 is 0 Å². The summed E-state index contributed by atoms with van der Waals surface area (Å²) in [7, 11) is 0. The van der Waals surface area contributed by atoms with Crippen LogP contribution in [0.1, 0.15) is 5.56 Å². The van der Waals surface area contributed by atoms with Crippen molar-refractivity contribution in [3.05, 3.63) is 52.5 Å². The van der Waals surface area contributed by atoms with Gasteiger partial charge < -0.3 is 15.6 Å². The van der Waals surface area contributed by atoms with E-state index in [9.17, 15) is 5.11 Å². The normalized spacial score (nSPS) is 10.2. The second-order valence-corrected chi connectivity index (χ2v) is 4.50. The average molecular weight is 294 g/mol. The zero-order chi connectivity index (χ0) is 12.3. The molecule has 2 aromatic rings. The summed E-state index contributed by atoms with van der Waals surface area (Å²) in [5.41, 5.74) is 7.40. The van der Waals surface area contributed by atoms with Crippen LogP contribution in [0.5, 0.6) is 11.5 Å². The Hall–Kier alpha value is -1.68. The number of halogens is 1. The maximum absolute atomic E-state index is 9.29. The summed E-state index contributed by atoms with van der Waals surface area (Å²) in [6.45, 7) is 0.433. The van der Waals surface area contributed by atoms with Crippen LogP contribution in [0.4, 0.5) is 5.69 Å². The molecule has 0 amide bonds. The number of benzene rings is 2. The van der Waals surface area contributed by atoms with Gasteiger partial charge in [-0.2, -0.15) is 0 Å². The maximum atomic E-state index is 9.29. The predicted octanol–water partition coefficient (Wildman–Crippen LogP) is 3.32. The van der Waals surface area contributed by atoms with Gasteiger partial charge in [0.05, 0.1) is 0 Å². The van der Waals surface area contributed by atoms with Gasteiger partial charge in [-0.1, -0.05) is 12.1 Å². The lowest BCUT2D eigenvalue weighted by molar-refractivity contribution is 0.304. The maximum Gasteiger partial charge on any atom is 0.123 e. The van der Waals surface area contributed by atoms with E-state index in [-0.39, 0.29) is 5.75 Å². The molecule has 0 aromatic heterocycles. The molecule has 0 saturated heterocycles.